The fourth-order valence-corrected chi connectivity index (χ4v) is 1.44. The summed E-state index contributed by atoms with van der Waals surface area (Å²) in [6.07, 6.45) is 0. The molecule has 110 valence electrons. The Labute approximate surface area is 114 Å². The number of nitrogens with one attached hydrogen (secondary N) is 2. The SMILES string of the molecule is CNc1nc(C)c([N+](=O)[O-])c(NCCOCC(N)=O)n1. The number of aryl methyl sites for hydroxylation is 1. The molecule has 1 aromatic rings. The van der Waals surface area contributed by atoms with Crippen molar-refractivity contribution < 1.29 is 14.5 Å². The maximum Gasteiger partial charge on any atom is 0.332 e. The van der Waals surface area contributed by atoms with Crippen LogP contribution in [0, 0.1) is 17.0 Å². The summed E-state index contributed by atoms with van der Waals surface area (Å²) in [6.45, 7) is 1.73. The lowest BCUT2D eigenvalue weighted by Gasteiger charge is -2.09. The third kappa shape index (κ3) is 4.31. The van der Waals surface area contributed by atoms with Gasteiger partial charge in [0, 0.05) is 13.6 Å². The second-order valence-corrected chi connectivity index (χ2v) is 3.78. The Morgan fingerprint density at radius 3 is 2.75 bits per heavy atom. The monoisotopic (exact) mass is 284 g/mol. The molecule has 20 heavy (non-hydrogen) atoms. The summed E-state index contributed by atoms with van der Waals surface area (Å²) in [7, 11) is 1.61. The van der Waals surface area contributed by atoms with Crippen molar-refractivity contribution in [2.45, 2.75) is 6.92 Å². The molecule has 0 atom stereocenters. The van der Waals surface area contributed by atoms with Crippen LogP contribution in [0.4, 0.5) is 17.5 Å². The van der Waals surface area contributed by atoms with Gasteiger partial charge in [-0.1, -0.05) is 0 Å². The van der Waals surface area contributed by atoms with E-state index in [2.05, 4.69) is 20.6 Å². The molecule has 0 aliphatic carbocycles. The molecule has 0 radical (unpaired) electrons. The van der Waals surface area contributed by atoms with Gasteiger partial charge in [0.2, 0.25) is 17.7 Å². The minimum absolute atomic E-state index is 0.0922. The van der Waals surface area contributed by atoms with E-state index < -0.39 is 10.8 Å². The molecule has 0 saturated heterocycles. The Hall–Kier alpha value is -2.49. The lowest BCUT2D eigenvalue weighted by Crippen LogP contribution is -2.21. The van der Waals surface area contributed by atoms with Gasteiger partial charge in [0.25, 0.3) is 0 Å². The Kier molecular flexibility index (Phi) is 5.59. The van der Waals surface area contributed by atoms with Crippen LogP contribution in [-0.4, -0.2) is 47.6 Å². The first-order chi connectivity index (χ1) is 9.45. The molecule has 1 heterocycles. The van der Waals surface area contributed by atoms with E-state index in [9.17, 15) is 14.9 Å². The summed E-state index contributed by atoms with van der Waals surface area (Å²) in [4.78, 5) is 28.8. The standard InChI is InChI=1S/C10H16N6O4/c1-6-8(16(18)19)9(15-10(12-2)14-6)13-3-4-20-5-7(11)17/h3-5H2,1-2H3,(H2,11,17)(H2,12,13,14,15). The number of amides is 1. The largest absolute Gasteiger partial charge is 0.370 e. The Balaban J connectivity index is 2.74. The summed E-state index contributed by atoms with van der Waals surface area (Å²) >= 11 is 0. The molecule has 1 rings (SSSR count). The summed E-state index contributed by atoms with van der Waals surface area (Å²) < 4.78 is 4.94. The van der Waals surface area contributed by atoms with Crippen molar-refractivity contribution in [1.29, 1.82) is 0 Å². The number of nitrogens with two attached hydrogens (primary N) is 1. The van der Waals surface area contributed by atoms with Crippen LogP contribution in [0.1, 0.15) is 5.69 Å². The van der Waals surface area contributed by atoms with Gasteiger partial charge < -0.3 is 21.1 Å². The van der Waals surface area contributed by atoms with Crippen LogP contribution in [0.3, 0.4) is 0 Å². The molecule has 0 saturated carbocycles. The molecular weight excluding hydrogens is 268 g/mol. The highest BCUT2D eigenvalue weighted by molar-refractivity contribution is 5.74. The maximum atomic E-state index is 11.0. The predicted octanol–water partition coefficient (Wildman–Crippen LogP) is -0.351. The second-order valence-electron chi connectivity index (χ2n) is 3.78. The van der Waals surface area contributed by atoms with Crippen molar-refractivity contribution >= 4 is 23.4 Å². The van der Waals surface area contributed by atoms with E-state index in [-0.39, 0.29) is 42.9 Å². The normalized spacial score (nSPS) is 10.1. The lowest BCUT2D eigenvalue weighted by molar-refractivity contribution is -0.385. The molecule has 0 spiro atoms. The van der Waals surface area contributed by atoms with Gasteiger partial charge in [0.15, 0.2) is 0 Å². The quantitative estimate of drug-likeness (QED) is 0.333. The number of carbonyl (C=O) groups is 1. The number of anilines is 2. The first-order valence-electron chi connectivity index (χ1n) is 5.76. The van der Waals surface area contributed by atoms with Crippen LogP contribution in [0.2, 0.25) is 0 Å². The van der Waals surface area contributed by atoms with E-state index in [1.807, 2.05) is 0 Å². The average Bonchev–Trinajstić information content (AvgIpc) is 2.36. The zero-order chi connectivity index (χ0) is 15.1. The third-order valence-corrected chi connectivity index (χ3v) is 2.25. The van der Waals surface area contributed by atoms with Crippen LogP contribution in [0.25, 0.3) is 0 Å². The van der Waals surface area contributed by atoms with Crippen molar-refractivity contribution in [3.63, 3.8) is 0 Å². The fourth-order valence-electron chi connectivity index (χ4n) is 1.44. The highest BCUT2D eigenvalue weighted by Gasteiger charge is 2.21. The summed E-state index contributed by atoms with van der Waals surface area (Å²) in [6, 6.07) is 0. The fraction of sp³-hybridized carbons (Fsp3) is 0.500. The topological polar surface area (TPSA) is 145 Å². The second kappa shape index (κ2) is 7.19. The van der Waals surface area contributed by atoms with Crippen LogP contribution < -0.4 is 16.4 Å². The molecule has 0 bridgehead atoms. The molecule has 1 aromatic heterocycles. The molecule has 0 unspecified atom stereocenters. The number of nitro groups is 1. The zero-order valence-electron chi connectivity index (χ0n) is 11.2. The molecule has 0 aromatic carbocycles. The highest BCUT2D eigenvalue weighted by atomic mass is 16.6. The number of carbonyl (C=O) groups excluding carboxylic acids is 1. The third-order valence-electron chi connectivity index (χ3n) is 2.25. The van der Waals surface area contributed by atoms with E-state index in [0.29, 0.717) is 0 Å². The molecule has 0 aliphatic rings. The summed E-state index contributed by atoms with van der Waals surface area (Å²) in [5.74, 6) is -0.213. The van der Waals surface area contributed by atoms with E-state index in [1.165, 1.54) is 6.92 Å². The molecule has 0 fully saturated rings. The number of rotatable bonds is 8. The zero-order valence-corrected chi connectivity index (χ0v) is 11.2. The molecular formula is C10H16N6O4. The summed E-state index contributed by atoms with van der Waals surface area (Å²) in [5, 5.41) is 16.5. The van der Waals surface area contributed by atoms with Crippen LogP contribution in [0.5, 0.6) is 0 Å². The van der Waals surface area contributed by atoms with E-state index >= 15 is 0 Å². The minimum Gasteiger partial charge on any atom is -0.370 e. The van der Waals surface area contributed by atoms with Crippen molar-refractivity contribution in [3.05, 3.63) is 15.8 Å². The molecule has 0 aliphatic heterocycles. The number of ether oxygens (including phenoxy) is 1. The Bertz CT molecular complexity index is 507. The first kappa shape index (κ1) is 15.6. The molecule has 1 amide bonds. The van der Waals surface area contributed by atoms with Gasteiger partial charge in [-0.2, -0.15) is 4.98 Å². The molecule has 10 heteroatoms. The van der Waals surface area contributed by atoms with Crippen molar-refractivity contribution in [2.75, 3.05) is 37.4 Å². The number of primary amides is 1. The van der Waals surface area contributed by atoms with Gasteiger partial charge in [-0.05, 0) is 6.92 Å². The van der Waals surface area contributed by atoms with E-state index in [4.69, 9.17) is 10.5 Å². The van der Waals surface area contributed by atoms with Gasteiger partial charge >= 0.3 is 5.69 Å². The number of aromatic nitrogens is 2. The number of hydrogen-bond donors (Lipinski definition) is 3. The minimum atomic E-state index is -0.577. The summed E-state index contributed by atoms with van der Waals surface area (Å²) in [5.41, 5.74) is 4.95. The van der Waals surface area contributed by atoms with Crippen LogP contribution >= 0.6 is 0 Å². The van der Waals surface area contributed by atoms with Crippen molar-refractivity contribution in [3.8, 4) is 0 Å². The Morgan fingerprint density at radius 2 is 2.20 bits per heavy atom. The lowest BCUT2D eigenvalue weighted by atomic mass is 10.3. The average molecular weight is 284 g/mol. The number of hydrogen-bond acceptors (Lipinski definition) is 8. The van der Waals surface area contributed by atoms with Gasteiger partial charge in [0.1, 0.15) is 12.3 Å². The van der Waals surface area contributed by atoms with Gasteiger partial charge in [-0.3, -0.25) is 14.9 Å². The van der Waals surface area contributed by atoms with Gasteiger partial charge in [-0.15, -0.1) is 0 Å². The number of nitrogens with zero attached hydrogens (tertiary/aromatic N) is 3. The molecule has 4 N–H and O–H groups in total. The van der Waals surface area contributed by atoms with Crippen LogP contribution in [0.15, 0.2) is 0 Å². The molecule has 10 nitrogen and oxygen atoms in total. The van der Waals surface area contributed by atoms with E-state index in [1.54, 1.807) is 7.05 Å². The van der Waals surface area contributed by atoms with E-state index in [0.717, 1.165) is 0 Å². The predicted molar refractivity (Wildman–Crippen MR) is 71.5 cm³/mol. The van der Waals surface area contributed by atoms with Crippen LogP contribution in [-0.2, 0) is 9.53 Å². The maximum absolute atomic E-state index is 11.0. The first-order valence-corrected chi connectivity index (χ1v) is 5.76. The van der Waals surface area contributed by atoms with Gasteiger partial charge in [0.05, 0.1) is 11.5 Å². The smallest absolute Gasteiger partial charge is 0.332 e. The Morgan fingerprint density at radius 1 is 1.50 bits per heavy atom. The highest BCUT2D eigenvalue weighted by Crippen LogP contribution is 2.26. The van der Waals surface area contributed by atoms with Gasteiger partial charge in [-0.25, -0.2) is 4.98 Å². The van der Waals surface area contributed by atoms with Crippen molar-refractivity contribution in [1.82, 2.24) is 9.97 Å². The van der Waals surface area contributed by atoms with Crippen molar-refractivity contribution in [2.24, 2.45) is 5.73 Å².